The van der Waals surface area contributed by atoms with Crippen LogP contribution in [-0.2, 0) is 22.6 Å². The van der Waals surface area contributed by atoms with Gasteiger partial charge < -0.3 is 25.3 Å². The molecule has 0 bridgehead atoms. The molecule has 0 saturated carbocycles. The fraction of sp³-hybridized carbons (Fsp3) is 0.241. The summed E-state index contributed by atoms with van der Waals surface area (Å²) in [7, 11) is 0. The van der Waals surface area contributed by atoms with Crippen LogP contribution in [0.2, 0.25) is 0 Å². The van der Waals surface area contributed by atoms with Gasteiger partial charge in [-0.15, -0.1) is 0 Å². The van der Waals surface area contributed by atoms with E-state index in [9.17, 15) is 14.0 Å². The molecule has 0 aliphatic carbocycles. The summed E-state index contributed by atoms with van der Waals surface area (Å²) in [5.41, 5.74) is 9.47. The molecule has 0 radical (unpaired) electrons. The van der Waals surface area contributed by atoms with Crippen LogP contribution in [0, 0.1) is 11.2 Å². The topological polar surface area (TPSA) is 126 Å². The molecule has 1 aromatic heterocycles. The largest absolute Gasteiger partial charge is 0.466 e. The molecule has 4 N–H and O–H groups in total. The minimum Gasteiger partial charge on any atom is -0.466 e. The van der Waals surface area contributed by atoms with Gasteiger partial charge in [-0.1, -0.05) is 0 Å². The number of fused-ring (bicyclic) bond motifs is 1. The van der Waals surface area contributed by atoms with Crippen molar-refractivity contribution in [2.24, 2.45) is 5.73 Å². The summed E-state index contributed by atoms with van der Waals surface area (Å²) in [6, 6.07) is 18.2. The van der Waals surface area contributed by atoms with Crippen LogP contribution in [0.15, 0.2) is 66.7 Å². The maximum atomic E-state index is 13.6. The number of halogens is 1. The molecule has 1 heterocycles. The molecule has 9 nitrogen and oxygen atoms in total. The number of esters is 1. The lowest BCUT2D eigenvalue weighted by atomic mass is 10.1. The van der Waals surface area contributed by atoms with Crippen molar-refractivity contribution in [2.45, 2.75) is 33.4 Å². The van der Waals surface area contributed by atoms with Gasteiger partial charge in [0.2, 0.25) is 0 Å². The molecular weight excluding hydrogens is 499 g/mol. The lowest BCUT2D eigenvalue weighted by Crippen LogP contribution is -2.33. The first-order valence-corrected chi connectivity index (χ1v) is 12.7. The van der Waals surface area contributed by atoms with E-state index in [1.54, 1.807) is 31.2 Å². The van der Waals surface area contributed by atoms with E-state index >= 15 is 0 Å². The zero-order chi connectivity index (χ0) is 27.9. The van der Waals surface area contributed by atoms with Gasteiger partial charge in [-0.25, -0.2) is 9.37 Å². The van der Waals surface area contributed by atoms with Crippen molar-refractivity contribution in [1.29, 1.82) is 5.41 Å². The molecule has 0 spiro atoms. The first kappa shape index (κ1) is 27.3. The number of anilines is 2. The van der Waals surface area contributed by atoms with E-state index < -0.39 is 11.8 Å². The average Bonchev–Trinajstić information content (AvgIpc) is 3.29. The van der Waals surface area contributed by atoms with Crippen LogP contribution in [0.4, 0.5) is 15.8 Å². The Bertz CT molecular complexity index is 1480. The fourth-order valence-electron chi connectivity index (χ4n) is 4.31. The van der Waals surface area contributed by atoms with Crippen LogP contribution in [-0.4, -0.2) is 40.4 Å². The summed E-state index contributed by atoms with van der Waals surface area (Å²) in [5.74, 6) is -0.352. The third-order valence-electron chi connectivity index (χ3n) is 6.27. The number of aryl methyl sites for hydroxylation is 1. The molecule has 202 valence electrons. The Kier molecular flexibility index (Phi) is 8.55. The van der Waals surface area contributed by atoms with Crippen molar-refractivity contribution in [2.75, 3.05) is 23.4 Å². The number of nitrogens with two attached hydrogens (primary N) is 1. The molecule has 4 rings (SSSR count). The molecule has 0 saturated heterocycles. The minimum absolute atomic E-state index is 0.00682. The number of ether oxygens (including phenoxy) is 1. The molecule has 0 atom stereocenters. The number of nitrogens with zero attached hydrogens (tertiary/aromatic N) is 3. The summed E-state index contributed by atoms with van der Waals surface area (Å²) >= 11 is 0. The number of carbonyl (C=O) groups is 2. The third kappa shape index (κ3) is 6.40. The number of amides is 1. The molecule has 0 fully saturated rings. The number of nitrogen functional groups attached to an aromatic ring is 1. The Morgan fingerprint density at radius 2 is 1.74 bits per heavy atom. The van der Waals surface area contributed by atoms with Crippen molar-refractivity contribution >= 4 is 40.1 Å². The van der Waals surface area contributed by atoms with Gasteiger partial charge in [0.25, 0.3) is 5.91 Å². The maximum absolute atomic E-state index is 13.6. The predicted molar refractivity (Wildman–Crippen MR) is 150 cm³/mol. The van der Waals surface area contributed by atoms with Gasteiger partial charge in [0, 0.05) is 35.6 Å². The van der Waals surface area contributed by atoms with Gasteiger partial charge in [-0.05, 0) is 80.6 Å². The number of rotatable bonds is 11. The predicted octanol–water partition coefficient (Wildman–Crippen LogP) is 4.69. The minimum atomic E-state index is -0.418. The summed E-state index contributed by atoms with van der Waals surface area (Å²) in [5, 5.41) is 10.9. The normalized spacial score (nSPS) is 10.8. The number of nitrogens with one attached hydrogen (secondary N) is 2. The van der Waals surface area contributed by atoms with Crippen molar-refractivity contribution < 1.29 is 18.7 Å². The second kappa shape index (κ2) is 12.2. The summed E-state index contributed by atoms with van der Waals surface area (Å²) in [6.45, 7) is 5.22. The monoisotopic (exact) mass is 530 g/mol. The van der Waals surface area contributed by atoms with Gasteiger partial charge in [-0.3, -0.25) is 15.0 Å². The highest BCUT2D eigenvalue weighted by atomic mass is 19.1. The highest BCUT2D eigenvalue weighted by Crippen LogP contribution is 2.23. The second-order valence-electron chi connectivity index (χ2n) is 8.81. The Labute approximate surface area is 225 Å². The van der Waals surface area contributed by atoms with Crippen molar-refractivity contribution in [3.63, 3.8) is 0 Å². The molecule has 10 heteroatoms. The highest BCUT2D eigenvalue weighted by Gasteiger charge is 2.21. The van der Waals surface area contributed by atoms with E-state index in [1.807, 2.05) is 25.1 Å². The zero-order valence-electron chi connectivity index (χ0n) is 21.9. The fourth-order valence-corrected chi connectivity index (χ4v) is 4.31. The van der Waals surface area contributed by atoms with Crippen LogP contribution >= 0.6 is 0 Å². The first-order valence-electron chi connectivity index (χ1n) is 12.7. The molecular formula is C29H31FN6O3. The quantitative estimate of drug-likeness (QED) is 0.147. The van der Waals surface area contributed by atoms with E-state index in [-0.39, 0.29) is 31.3 Å². The van der Waals surface area contributed by atoms with E-state index in [0.29, 0.717) is 35.4 Å². The van der Waals surface area contributed by atoms with Gasteiger partial charge >= 0.3 is 5.97 Å². The van der Waals surface area contributed by atoms with E-state index in [2.05, 4.69) is 9.88 Å². The number of hydrogen-bond acceptors (Lipinski definition) is 6. The van der Waals surface area contributed by atoms with Gasteiger partial charge in [0.1, 0.15) is 17.5 Å². The number of carbonyl (C=O) groups excluding carboxylic acids is 2. The Balaban J connectivity index is 1.58. The lowest BCUT2D eigenvalue weighted by Gasteiger charge is -2.22. The molecule has 0 aliphatic heterocycles. The second-order valence-corrected chi connectivity index (χ2v) is 8.81. The Morgan fingerprint density at radius 3 is 2.38 bits per heavy atom. The van der Waals surface area contributed by atoms with Crippen LogP contribution in [0.5, 0.6) is 0 Å². The van der Waals surface area contributed by atoms with Gasteiger partial charge in [0.05, 0.1) is 30.6 Å². The number of amidine groups is 1. The van der Waals surface area contributed by atoms with Crippen molar-refractivity contribution in [3.05, 3.63) is 89.5 Å². The van der Waals surface area contributed by atoms with Gasteiger partial charge in [-0.2, -0.15) is 0 Å². The number of hydrogen-bond donors (Lipinski definition) is 3. The Morgan fingerprint density at radius 1 is 1.05 bits per heavy atom. The maximum Gasteiger partial charge on any atom is 0.307 e. The SMILES string of the molecule is CCOC(=O)CCN(C(=O)c1ccc2c(c1)nc(CNc1ccc(C(=N)N)cc1)n2CC)c1ccc(F)cc1. The van der Waals surface area contributed by atoms with E-state index in [1.165, 1.54) is 29.2 Å². The average molecular weight is 531 g/mol. The van der Waals surface area contributed by atoms with Crippen molar-refractivity contribution in [3.8, 4) is 0 Å². The number of benzene rings is 3. The van der Waals surface area contributed by atoms with Gasteiger partial charge in [0.15, 0.2) is 0 Å². The number of imidazole rings is 1. The third-order valence-corrected chi connectivity index (χ3v) is 6.27. The Hall–Kier alpha value is -4.73. The highest BCUT2D eigenvalue weighted by molar-refractivity contribution is 6.07. The molecule has 0 unspecified atom stereocenters. The van der Waals surface area contributed by atoms with E-state index in [4.69, 9.17) is 20.9 Å². The first-order chi connectivity index (χ1) is 18.8. The smallest absolute Gasteiger partial charge is 0.307 e. The molecule has 1 amide bonds. The zero-order valence-corrected chi connectivity index (χ0v) is 21.9. The van der Waals surface area contributed by atoms with Crippen LogP contribution in [0.1, 0.15) is 42.0 Å². The number of aromatic nitrogens is 2. The molecule has 39 heavy (non-hydrogen) atoms. The summed E-state index contributed by atoms with van der Waals surface area (Å²) in [6.07, 6.45) is 0.00682. The summed E-state index contributed by atoms with van der Waals surface area (Å²) < 4.78 is 20.6. The van der Waals surface area contributed by atoms with Crippen LogP contribution in [0.25, 0.3) is 11.0 Å². The van der Waals surface area contributed by atoms with Crippen LogP contribution in [0.3, 0.4) is 0 Å². The lowest BCUT2D eigenvalue weighted by molar-refractivity contribution is -0.142. The molecule has 0 aliphatic rings. The summed E-state index contributed by atoms with van der Waals surface area (Å²) in [4.78, 5) is 31.8. The van der Waals surface area contributed by atoms with Crippen molar-refractivity contribution in [1.82, 2.24) is 9.55 Å². The van der Waals surface area contributed by atoms with E-state index in [0.717, 1.165) is 17.0 Å². The van der Waals surface area contributed by atoms with Crippen LogP contribution < -0.4 is 16.0 Å². The molecule has 3 aromatic carbocycles. The standard InChI is InChI=1S/C29H31FN6O3/c1-3-35-25-14-7-20(17-24(25)34-26(35)18-33-22-10-5-19(6-11-22)28(31)32)29(38)36(16-15-27(37)39-4-2)23-12-8-21(30)9-13-23/h5-14,17,33H,3-4,15-16,18H2,1-2H3,(H3,31,32). The molecule has 4 aromatic rings.